The summed E-state index contributed by atoms with van der Waals surface area (Å²) in [6.07, 6.45) is 2.28. The van der Waals surface area contributed by atoms with Gasteiger partial charge in [-0.2, -0.15) is 5.10 Å². The molecule has 0 atom stereocenters. The smallest absolute Gasteiger partial charge is 0.345 e. The molecule has 0 unspecified atom stereocenters. The summed E-state index contributed by atoms with van der Waals surface area (Å²) in [5.41, 5.74) is 9.60. The van der Waals surface area contributed by atoms with Crippen molar-refractivity contribution in [1.29, 1.82) is 0 Å². The van der Waals surface area contributed by atoms with Gasteiger partial charge in [0.25, 0.3) is 0 Å². The molecule has 0 aliphatic carbocycles. The quantitative estimate of drug-likeness (QED) is 0.499. The first kappa shape index (κ1) is 16.0. The lowest BCUT2D eigenvalue weighted by molar-refractivity contribution is 0.249. The molecule has 7 nitrogen and oxygen atoms in total. The maximum absolute atomic E-state index is 12.1. The van der Waals surface area contributed by atoms with Crippen LogP contribution in [0, 0.1) is 0 Å². The Morgan fingerprint density at radius 2 is 2.17 bits per heavy atom. The third kappa shape index (κ3) is 2.84. The number of urea groups is 1. The number of rotatable bonds is 2. The topological polar surface area (TPSA) is 101 Å². The second-order valence-electron chi connectivity index (χ2n) is 6.69. The van der Waals surface area contributed by atoms with Crippen LogP contribution in [-0.2, 0) is 5.41 Å². The van der Waals surface area contributed by atoms with Gasteiger partial charge in [0.05, 0.1) is 11.8 Å². The summed E-state index contributed by atoms with van der Waals surface area (Å²) >= 11 is 0. The normalized spacial score (nSPS) is 16.4. The van der Waals surface area contributed by atoms with Crippen LogP contribution in [0.5, 0.6) is 0 Å². The van der Waals surface area contributed by atoms with Crippen molar-refractivity contribution in [3.05, 3.63) is 39.7 Å². The van der Waals surface area contributed by atoms with E-state index >= 15 is 0 Å². The lowest BCUT2D eigenvalue weighted by atomic mass is 9.77. The Morgan fingerprint density at radius 1 is 1.42 bits per heavy atom. The van der Waals surface area contributed by atoms with Gasteiger partial charge in [-0.15, -0.1) is 0 Å². The molecule has 0 saturated carbocycles. The molecule has 126 valence electrons. The average molecular weight is 328 g/mol. The van der Waals surface area contributed by atoms with Crippen LogP contribution < -0.4 is 21.7 Å². The van der Waals surface area contributed by atoms with Crippen molar-refractivity contribution in [3.63, 3.8) is 0 Å². The molecule has 2 aromatic rings. The van der Waals surface area contributed by atoms with E-state index in [-0.39, 0.29) is 11.0 Å². The molecule has 1 aromatic heterocycles. The summed E-state index contributed by atoms with van der Waals surface area (Å²) in [6.45, 7) is 5.38. The fourth-order valence-electron chi connectivity index (χ4n) is 2.99. The molecule has 7 heteroatoms. The van der Waals surface area contributed by atoms with Gasteiger partial charge in [-0.05, 0) is 29.5 Å². The van der Waals surface area contributed by atoms with E-state index in [1.54, 1.807) is 6.07 Å². The molecule has 0 radical (unpaired) electrons. The summed E-state index contributed by atoms with van der Waals surface area (Å²) in [6, 6.07) is 4.88. The molecular weight excluding hydrogens is 308 g/mol. The number of hydrazone groups is 1. The fraction of sp³-hybridized carbons (Fsp3) is 0.353. The van der Waals surface area contributed by atoms with Crippen LogP contribution in [0.15, 0.2) is 32.5 Å². The Labute approximate surface area is 139 Å². The lowest BCUT2D eigenvalue weighted by Gasteiger charge is -2.38. The van der Waals surface area contributed by atoms with E-state index in [0.717, 1.165) is 24.0 Å². The number of primary amides is 1. The number of hydrogen-bond donors (Lipinski definition) is 2. The van der Waals surface area contributed by atoms with Crippen molar-refractivity contribution in [2.75, 3.05) is 18.5 Å². The number of fused-ring (bicyclic) bond motifs is 2. The third-order valence-corrected chi connectivity index (χ3v) is 4.47. The van der Waals surface area contributed by atoms with Gasteiger partial charge in [-0.3, -0.25) is 0 Å². The number of nitrogens with one attached hydrogen (secondary N) is 1. The number of carbonyl (C=O) groups excluding carboxylic acids is 1. The molecule has 0 saturated heterocycles. The van der Waals surface area contributed by atoms with Crippen molar-refractivity contribution in [3.8, 4) is 0 Å². The van der Waals surface area contributed by atoms with Gasteiger partial charge in [-0.1, -0.05) is 13.8 Å². The standard InChI is InChI=1S/C17H20N4O3/c1-17(2)4-5-21(3)13-8-14-10(7-12(13)17)6-11(15(22)24-14)9-19-20-16(18)23/h6-9H,4-5H2,1-3H3,(H3,18,20,23)/b19-9+. The summed E-state index contributed by atoms with van der Waals surface area (Å²) < 4.78 is 5.42. The molecule has 0 bridgehead atoms. The first-order valence-corrected chi connectivity index (χ1v) is 7.70. The molecule has 1 aromatic carbocycles. The van der Waals surface area contributed by atoms with Crippen molar-refractivity contribution in [2.45, 2.75) is 25.7 Å². The van der Waals surface area contributed by atoms with Gasteiger partial charge >= 0.3 is 11.7 Å². The largest absolute Gasteiger partial charge is 0.422 e. The van der Waals surface area contributed by atoms with Crippen molar-refractivity contribution in [1.82, 2.24) is 5.43 Å². The Balaban J connectivity index is 2.13. The first-order chi connectivity index (χ1) is 11.3. The molecule has 24 heavy (non-hydrogen) atoms. The highest BCUT2D eigenvalue weighted by molar-refractivity contribution is 5.89. The lowest BCUT2D eigenvalue weighted by Crippen LogP contribution is -2.34. The zero-order chi connectivity index (χ0) is 17.5. The monoisotopic (exact) mass is 328 g/mol. The van der Waals surface area contributed by atoms with E-state index in [1.807, 2.05) is 13.1 Å². The number of carbonyl (C=O) groups is 1. The van der Waals surface area contributed by atoms with Gasteiger partial charge in [0, 0.05) is 30.7 Å². The van der Waals surface area contributed by atoms with Gasteiger partial charge < -0.3 is 15.1 Å². The highest BCUT2D eigenvalue weighted by atomic mass is 16.4. The molecule has 0 spiro atoms. The van der Waals surface area contributed by atoms with Crippen LogP contribution in [0.2, 0.25) is 0 Å². The minimum Gasteiger partial charge on any atom is -0.422 e. The Kier molecular flexibility index (Phi) is 3.79. The highest BCUT2D eigenvalue weighted by Crippen LogP contribution is 2.40. The van der Waals surface area contributed by atoms with E-state index < -0.39 is 11.7 Å². The second-order valence-corrected chi connectivity index (χ2v) is 6.69. The SMILES string of the molecule is CN1CCC(C)(C)c2cc3cc(/C=N/NC(N)=O)c(=O)oc3cc21. The maximum atomic E-state index is 12.1. The molecule has 0 fully saturated rings. The van der Waals surface area contributed by atoms with Gasteiger partial charge in [0.2, 0.25) is 0 Å². The van der Waals surface area contributed by atoms with Crippen LogP contribution in [0.3, 0.4) is 0 Å². The minimum absolute atomic E-state index is 0.0495. The molecule has 1 aliphatic rings. The van der Waals surface area contributed by atoms with Crippen LogP contribution in [0.1, 0.15) is 31.4 Å². The summed E-state index contributed by atoms with van der Waals surface area (Å²) in [5.74, 6) is 0. The number of hydrogen-bond acceptors (Lipinski definition) is 5. The number of amides is 2. The summed E-state index contributed by atoms with van der Waals surface area (Å²) in [5, 5.41) is 4.44. The molecule has 3 rings (SSSR count). The minimum atomic E-state index is -0.796. The van der Waals surface area contributed by atoms with Crippen molar-refractivity contribution >= 4 is 28.9 Å². The van der Waals surface area contributed by atoms with E-state index in [0.29, 0.717) is 5.58 Å². The predicted molar refractivity (Wildman–Crippen MR) is 93.7 cm³/mol. The van der Waals surface area contributed by atoms with Crippen LogP contribution >= 0.6 is 0 Å². The summed E-state index contributed by atoms with van der Waals surface area (Å²) in [4.78, 5) is 24.9. The number of benzene rings is 1. The van der Waals surface area contributed by atoms with Gasteiger partial charge in [-0.25, -0.2) is 15.0 Å². The predicted octanol–water partition coefficient (Wildman–Crippen LogP) is 1.91. The number of anilines is 1. The molecule has 2 heterocycles. The maximum Gasteiger partial charge on any atom is 0.345 e. The van der Waals surface area contributed by atoms with Gasteiger partial charge in [0.1, 0.15) is 5.58 Å². The van der Waals surface area contributed by atoms with Crippen molar-refractivity contribution < 1.29 is 9.21 Å². The first-order valence-electron chi connectivity index (χ1n) is 7.70. The van der Waals surface area contributed by atoms with E-state index in [2.05, 4.69) is 35.3 Å². The zero-order valence-electron chi connectivity index (χ0n) is 13.9. The molecule has 1 aliphatic heterocycles. The van der Waals surface area contributed by atoms with Crippen LogP contribution in [-0.4, -0.2) is 25.8 Å². The zero-order valence-corrected chi connectivity index (χ0v) is 13.9. The fourth-order valence-corrected chi connectivity index (χ4v) is 2.99. The molecule has 3 N–H and O–H groups in total. The Hall–Kier alpha value is -2.83. The van der Waals surface area contributed by atoms with E-state index in [1.165, 1.54) is 11.8 Å². The van der Waals surface area contributed by atoms with Crippen LogP contribution in [0.4, 0.5) is 10.5 Å². The molecular formula is C17H20N4O3. The third-order valence-electron chi connectivity index (χ3n) is 4.47. The number of nitrogens with two attached hydrogens (primary N) is 1. The van der Waals surface area contributed by atoms with Crippen LogP contribution in [0.25, 0.3) is 11.0 Å². The average Bonchev–Trinajstić information content (AvgIpc) is 2.50. The second kappa shape index (κ2) is 5.67. The number of nitrogens with zero attached hydrogens (tertiary/aromatic N) is 2. The Bertz CT molecular complexity index is 899. The van der Waals surface area contributed by atoms with E-state index in [9.17, 15) is 9.59 Å². The van der Waals surface area contributed by atoms with E-state index in [4.69, 9.17) is 10.2 Å². The van der Waals surface area contributed by atoms with Gasteiger partial charge in [0.15, 0.2) is 0 Å². The molecule has 2 amide bonds. The summed E-state index contributed by atoms with van der Waals surface area (Å²) in [7, 11) is 2.04. The van der Waals surface area contributed by atoms with Crippen molar-refractivity contribution in [2.24, 2.45) is 10.8 Å². The highest BCUT2D eigenvalue weighted by Gasteiger charge is 2.30. The Morgan fingerprint density at radius 3 is 2.88 bits per heavy atom.